The minimum absolute atomic E-state index is 0.993. The molecule has 0 amide bonds. The molecule has 0 spiro atoms. The van der Waals surface area contributed by atoms with Crippen molar-refractivity contribution in [3.63, 3.8) is 0 Å². The molecule has 11 rings (SSSR count). The number of pyridine rings is 1. The SMILES string of the molecule is c1cc(-n2c3ccccc3c3ccccc32)cc(-n2c3ccccc3c3c2ccc2c4ccccc4c4nc5ccccc5n4c23)c1. The number of rotatable bonds is 2. The zero-order valence-electron chi connectivity index (χ0n) is 25.3. The molecule has 4 heteroatoms. The van der Waals surface area contributed by atoms with Gasteiger partial charge in [-0.05, 0) is 60.0 Å². The van der Waals surface area contributed by atoms with Crippen molar-refractivity contribution in [3.05, 3.63) is 158 Å². The van der Waals surface area contributed by atoms with E-state index in [1.54, 1.807) is 0 Å². The first-order valence-corrected chi connectivity index (χ1v) is 16.1. The van der Waals surface area contributed by atoms with Crippen molar-refractivity contribution in [1.29, 1.82) is 0 Å². The van der Waals surface area contributed by atoms with E-state index in [2.05, 4.69) is 171 Å². The number of fused-ring (bicyclic) bond motifs is 15. The smallest absolute Gasteiger partial charge is 0.146 e. The van der Waals surface area contributed by atoms with Gasteiger partial charge in [0.15, 0.2) is 0 Å². The van der Waals surface area contributed by atoms with E-state index in [1.165, 1.54) is 59.9 Å². The van der Waals surface area contributed by atoms with Crippen molar-refractivity contribution in [3.8, 4) is 11.4 Å². The first-order chi connectivity index (χ1) is 23.3. The van der Waals surface area contributed by atoms with Crippen LogP contribution in [0, 0.1) is 0 Å². The van der Waals surface area contributed by atoms with E-state index < -0.39 is 0 Å². The Morgan fingerprint density at radius 2 is 0.894 bits per heavy atom. The molecule has 0 bridgehead atoms. The summed E-state index contributed by atoms with van der Waals surface area (Å²) in [5.74, 6) is 0. The zero-order chi connectivity index (χ0) is 30.6. The summed E-state index contributed by atoms with van der Waals surface area (Å²) in [5, 5.41) is 8.60. The number of benzene rings is 7. The zero-order valence-corrected chi connectivity index (χ0v) is 25.3. The molecular weight excluding hydrogens is 573 g/mol. The maximum absolute atomic E-state index is 5.19. The van der Waals surface area contributed by atoms with E-state index in [-0.39, 0.29) is 0 Å². The van der Waals surface area contributed by atoms with Gasteiger partial charge in [0.25, 0.3) is 0 Å². The van der Waals surface area contributed by atoms with Crippen molar-refractivity contribution in [1.82, 2.24) is 18.5 Å². The van der Waals surface area contributed by atoms with Gasteiger partial charge in [0.2, 0.25) is 0 Å². The van der Waals surface area contributed by atoms with E-state index in [4.69, 9.17) is 4.98 Å². The average molecular weight is 599 g/mol. The maximum atomic E-state index is 5.19. The van der Waals surface area contributed by atoms with Crippen molar-refractivity contribution in [2.75, 3.05) is 0 Å². The van der Waals surface area contributed by atoms with E-state index in [1.807, 2.05) is 0 Å². The van der Waals surface area contributed by atoms with Crippen molar-refractivity contribution < 1.29 is 0 Å². The number of hydrogen-bond acceptors (Lipinski definition) is 1. The van der Waals surface area contributed by atoms with Gasteiger partial charge in [-0.25, -0.2) is 4.98 Å². The van der Waals surface area contributed by atoms with Gasteiger partial charge in [-0.3, -0.25) is 4.40 Å². The summed E-state index contributed by atoms with van der Waals surface area (Å²) in [4.78, 5) is 5.19. The normalized spacial score (nSPS) is 12.3. The van der Waals surface area contributed by atoms with Gasteiger partial charge in [-0.1, -0.05) is 103 Å². The fourth-order valence-corrected chi connectivity index (χ4v) is 8.09. The predicted molar refractivity (Wildman–Crippen MR) is 196 cm³/mol. The molecule has 0 saturated carbocycles. The van der Waals surface area contributed by atoms with Gasteiger partial charge < -0.3 is 9.13 Å². The number of imidazole rings is 1. The standard InChI is InChI=1S/C43H26N4/c1-2-17-33-29(14-1)32-24-25-40-41(42(32)47-39-23-10-6-19-35(39)44-43(33)47)34-18-5-9-22-38(34)46(40)28-13-11-12-27(26-28)45-36-20-7-3-15-30(36)31-16-4-8-21-37(31)45/h1-26H. The molecule has 4 aromatic heterocycles. The summed E-state index contributed by atoms with van der Waals surface area (Å²) in [5.41, 5.74) is 11.3. The van der Waals surface area contributed by atoms with Crippen LogP contribution in [0.4, 0.5) is 0 Å². The molecule has 0 atom stereocenters. The number of hydrogen-bond donors (Lipinski definition) is 0. The molecule has 0 unspecified atom stereocenters. The quantitative estimate of drug-likeness (QED) is 0.182. The third kappa shape index (κ3) is 3.23. The second-order valence-electron chi connectivity index (χ2n) is 12.4. The van der Waals surface area contributed by atoms with Crippen LogP contribution in [-0.4, -0.2) is 18.5 Å². The van der Waals surface area contributed by atoms with Gasteiger partial charge in [0, 0.05) is 43.7 Å². The van der Waals surface area contributed by atoms with E-state index in [9.17, 15) is 0 Å². The summed E-state index contributed by atoms with van der Waals surface area (Å²) in [6, 6.07) is 57.0. The largest absolute Gasteiger partial charge is 0.309 e. The molecule has 7 aromatic carbocycles. The molecule has 4 heterocycles. The Bertz CT molecular complexity index is 3030. The number of para-hydroxylation sites is 5. The van der Waals surface area contributed by atoms with Crippen LogP contribution >= 0.6 is 0 Å². The fraction of sp³-hybridized carbons (Fsp3) is 0. The summed E-state index contributed by atoms with van der Waals surface area (Å²) in [7, 11) is 0. The van der Waals surface area contributed by atoms with Crippen LogP contribution in [0.3, 0.4) is 0 Å². The van der Waals surface area contributed by atoms with Gasteiger partial charge >= 0.3 is 0 Å². The lowest BCUT2D eigenvalue weighted by atomic mass is 10.0. The summed E-state index contributed by atoms with van der Waals surface area (Å²) in [6.07, 6.45) is 0. The third-order valence-corrected chi connectivity index (χ3v) is 9.98. The molecule has 0 saturated heterocycles. The molecule has 0 aliphatic rings. The molecule has 0 radical (unpaired) electrons. The monoisotopic (exact) mass is 598 g/mol. The topological polar surface area (TPSA) is 27.2 Å². The highest BCUT2D eigenvalue weighted by molar-refractivity contribution is 6.26. The van der Waals surface area contributed by atoms with Gasteiger partial charge in [0.05, 0.1) is 38.6 Å². The van der Waals surface area contributed by atoms with Crippen LogP contribution < -0.4 is 0 Å². The van der Waals surface area contributed by atoms with Crippen LogP contribution in [0.2, 0.25) is 0 Å². The van der Waals surface area contributed by atoms with E-state index in [0.29, 0.717) is 0 Å². The van der Waals surface area contributed by atoms with Crippen molar-refractivity contribution in [2.24, 2.45) is 0 Å². The van der Waals surface area contributed by atoms with Crippen molar-refractivity contribution in [2.45, 2.75) is 0 Å². The van der Waals surface area contributed by atoms with Crippen molar-refractivity contribution >= 4 is 82.0 Å². The highest BCUT2D eigenvalue weighted by Crippen LogP contribution is 2.41. The number of aromatic nitrogens is 4. The molecule has 218 valence electrons. The molecule has 11 aromatic rings. The Morgan fingerprint density at radius 1 is 0.362 bits per heavy atom. The predicted octanol–water partition coefficient (Wildman–Crippen LogP) is 11.0. The van der Waals surface area contributed by atoms with Crippen LogP contribution in [0.1, 0.15) is 0 Å². The van der Waals surface area contributed by atoms with E-state index >= 15 is 0 Å². The molecule has 47 heavy (non-hydrogen) atoms. The lowest BCUT2D eigenvalue weighted by Gasteiger charge is -2.14. The second kappa shape index (κ2) is 9.09. The second-order valence-corrected chi connectivity index (χ2v) is 12.4. The highest BCUT2D eigenvalue weighted by Gasteiger charge is 2.21. The summed E-state index contributed by atoms with van der Waals surface area (Å²) in [6.45, 7) is 0. The lowest BCUT2D eigenvalue weighted by Crippen LogP contribution is -1.98. The molecular formula is C43H26N4. The third-order valence-electron chi connectivity index (χ3n) is 9.98. The Morgan fingerprint density at radius 3 is 1.60 bits per heavy atom. The van der Waals surface area contributed by atoms with Crippen LogP contribution in [0.15, 0.2) is 158 Å². The molecule has 0 N–H and O–H groups in total. The highest BCUT2D eigenvalue weighted by atomic mass is 15.0. The lowest BCUT2D eigenvalue weighted by molar-refractivity contribution is 1.13. The minimum atomic E-state index is 0.993. The maximum Gasteiger partial charge on any atom is 0.146 e. The first-order valence-electron chi connectivity index (χ1n) is 16.1. The molecule has 0 aliphatic heterocycles. The molecule has 0 fully saturated rings. The van der Waals surface area contributed by atoms with Crippen LogP contribution in [0.25, 0.3) is 93.3 Å². The first kappa shape index (κ1) is 24.9. The van der Waals surface area contributed by atoms with Crippen LogP contribution in [0.5, 0.6) is 0 Å². The van der Waals surface area contributed by atoms with E-state index in [0.717, 1.165) is 33.4 Å². The summed E-state index contributed by atoms with van der Waals surface area (Å²) < 4.78 is 7.22. The minimum Gasteiger partial charge on any atom is -0.309 e. The number of nitrogens with zero attached hydrogens (tertiary/aromatic N) is 4. The summed E-state index contributed by atoms with van der Waals surface area (Å²) >= 11 is 0. The van der Waals surface area contributed by atoms with Gasteiger partial charge in [-0.15, -0.1) is 0 Å². The average Bonchev–Trinajstić information content (AvgIpc) is 3.80. The van der Waals surface area contributed by atoms with Gasteiger partial charge in [-0.2, -0.15) is 0 Å². The van der Waals surface area contributed by atoms with Gasteiger partial charge in [0.1, 0.15) is 5.65 Å². The Balaban J connectivity index is 1.29. The van der Waals surface area contributed by atoms with Crippen LogP contribution in [-0.2, 0) is 0 Å². The Kier molecular flexibility index (Phi) is 4.81. The molecule has 0 aliphatic carbocycles. The Hall–Kier alpha value is -6.39. The molecule has 4 nitrogen and oxygen atoms in total. The Labute approximate surface area is 268 Å². The fourth-order valence-electron chi connectivity index (χ4n) is 8.09.